The maximum absolute atomic E-state index is 13.7. The fraction of sp³-hybridized carbons (Fsp3) is 0.379. The Bertz CT molecular complexity index is 1550. The van der Waals surface area contributed by atoms with Crippen molar-refractivity contribution < 1.29 is 23.9 Å². The average molecular weight is 691 g/mol. The molecule has 0 radical (unpaired) electrons. The van der Waals surface area contributed by atoms with Crippen molar-refractivity contribution in [1.29, 1.82) is 0 Å². The number of nitrogens with zero attached hydrogens (tertiary/aromatic N) is 2. The first-order chi connectivity index (χ1) is 19.7. The lowest BCUT2D eigenvalue weighted by atomic mass is 9.84. The molecule has 2 aromatic rings. The third-order valence-corrected chi connectivity index (χ3v) is 13.0. The van der Waals surface area contributed by atoms with E-state index in [9.17, 15) is 19.2 Å². The quantitative estimate of drug-likeness (QED) is 0.156. The summed E-state index contributed by atoms with van der Waals surface area (Å²) in [7, 11) is 0. The van der Waals surface area contributed by atoms with Crippen molar-refractivity contribution in [3.05, 3.63) is 69.7 Å². The van der Waals surface area contributed by atoms with E-state index in [1.165, 1.54) is 18.2 Å². The van der Waals surface area contributed by atoms with Crippen LogP contribution < -0.4 is 9.64 Å². The SMILES string of the molecule is Cc1cc(OC(=O)[C@@H]2CC(=O)N([C@H](C)c3ccccc3)C2)ccc1N1C(=O)[C@H]2[C@H](C1=O)[C@@]1(Cl)C(Cl)=C(Cl)[C@@]2(Cl)C1(Cl)Cl. The van der Waals surface area contributed by atoms with E-state index < -0.39 is 49.6 Å². The predicted molar refractivity (Wildman–Crippen MR) is 161 cm³/mol. The van der Waals surface area contributed by atoms with Gasteiger partial charge in [-0.2, -0.15) is 0 Å². The molecule has 3 amide bonds. The summed E-state index contributed by atoms with van der Waals surface area (Å²) in [4.78, 5) is 51.9. The molecule has 0 aromatic heterocycles. The highest BCUT2D eigenvalue weighted by Crippen LogP contribution is 2.77. The van der Waals surface area contributed by atoms with E-state index in [2.05, 4.69) is 0 Å². The van der Waals surface area contributed by atoms with Gasteiger partial charge in [0.15, 0.2) is 4.33 Å². The molecule has 4 aliphatic rings. The summed E-state index contributed by atoms with van der Waals surface area (Å²) in [5.41, 5.74) is 1.66. The molecule has 0 spiro atoms. The number of fused-ring (bicyclic) bond motifs is 5. The van der Waals surface area contributed by atoms with E-state index in [0.29, 0.717) is 5.56 Å². The number of halogens is 6. The third kappa shape index (κ3) is 3.80. The highest BCUT2D eigenvalue weighted by Gasteiger charge is 2.87. The van der Waals surface area contributed by atoms with Gasteiger partial charge in [0.05, 0.1) is 39.5 Å². The topological polar surface area (TPSA) is 84.0 Å². The van der Waals surface area contributed by atoms with Crippen LogP contribution in [0, 0.1) is 24.7 Å². The van der Waals surface area contributed by atoms with Gasteiger partial charge in [-0.05, 0) is 43.2 Å². The Kier molecular flexibility index (Phi) is 7.16. The van der Waals surface area contributed by atoms with Gasteiger partial charge < -0.3 is 9.64 Å². The van der Waals surface area contributed by atoms with Gasteiger partial charge in [0.25, 0.3) is 0 Å². The van der Waals surface area contributed by atoms with Crippen LogP contribution in [0.1, 0.15) is 30.5 Å². The second kappa shape index (κ2) is 10.0. The molecule has 13 heteroatoms. The van der Waals surface area contributed by atoms with Crippen LogP contribution in [0.25, 0.3) is 0 Å². The number of rotatable bonds is 5. The van der Waals surface area contributed by atoms with Gasteiger partial charge in [-0.25, -0.2) is 4.90 Å². The van der Waals surface area contributed by atoms with Crippen LogP contribution in [0.15, 0.2) is 58.6 Å². The van der Waals surface area contributed by atoms with Gasteiger partial charge >= 0.3 is 5.97 Å². The normalized spacial score (nSPS) is 32.2. The number of amides is 3. The maximum atomic E-state index is 13.7. The summed E-state index contributed by atoms with van der Waals surface area (Å²) >= 11 is 39.4. The van der Waals surface area contributed by atoms with Crippen molar-refractivity contribution >= 4 is 99.0 Å². The molecule has 0 N–H and O–H groups in total. The van der Waals surface area contributed by atoms with Gasteiger partial charge in [-0.1, -0.05) is 76.7 Å². The van der Waals surface area contributed by atoms with Crippen molar-refractivity contribution in [2.45, 2.75) is 40.4 Å². The Morgan fingerprint density at radius 3 is 2.05 bits per heavy atom. The molecule has 2 heterocycles. The van der Waals surface area contributed by atoms with Crippen LogP contribution in [-0.4, -0.2) is 49.2 Å². The zero-order valence-electron chi connectivity index (χ0n) is 22.0. The molecule has 2 saturated heterocycles. The molecule has 0 unspecified atom stereocenters. The molecule has 220 valence electrons. The lowest BCUT2D eigenvalue weighted by Gasteiger charge is -2.34. The minimum Gasteiger partial charge on any atom is -0.426 e. The first kappa shape index (κ1) is 30.0. The maximum Gasteiger partial charge on any atom is 0.316 e. The molecule has 1 saturated carbocycles. The number of imide groups is 1. The lowest BCUT2D eigenvalue weighted by molar-refractivity contribution is -0.139. The molecule has 7 nitrogen and oxygen atoms in total. The number of allylic oxidation sites excluding steroid dienone is 2. The third-order valence-electron chi connectivity index (χ3n) is 8.78. The van der Waals surface area contributed by atoms with Gasteiger partial charge in [-0.3, -0.25) is 19.2 Å². The van der Waals surface area contributed by atoms with Crippen molar-refractivity contribution in [3.8, 4) is 5.75 Å². The number of esters is 1. The fourth-order valence-corrected chi connectivity index (χ4v) is 9.48. The number of aryl methyl sites for hydroxylation is 1. The number of carbonyl (C=O) groups excluding carboxylic acids is 4. The van der Waals surface area contributed by atoms with E-state index in [4.69, 9.17) is 74.3 Å². The number of benzene rings is 2. The molecule has 3 fully saturated rings. The van der Waals surface area contributed by atoms with Crippen molar-refractivity contribution in [1.82, 2.24) is 4.90 Å². The van der Waals surface area contributed by atoms with Crippen molar-refractivity contribution in [2.24, 2.45) is 17.8 Å². The number of alkyl halides is 4. The molecule has 6 atom stereocenters. The standard InChI is InChI=1S/C29H22Cl6N2O5/c1-13-10-17(42-26(41)16-11-19(38)36(12-16)14(2)15-6-4-3-5-7-15)8-9-18(13)37-24(39)20-21(25(37)40)28(33)23(31)22(30)27(20,32)29(28,34)35/h3-10,14,16,20-21H,11-12H2,1-2H3/t14-,16-,20-,21-,27-,28-/m1/s1. The first-order valence-corrected chi connectivity index (χ1v) is 15.3. The van der Waals surface area contributed by atoms with Crippen LogP contribution in [0.5, 0.6) is 5.75 Å². The molecular formula is C29H22Cl6N2O5. The van der Waals surface area contributed by atoms with E-state index in [1.807, 2.05) is 37.3 Å². The second-order valence-electron chi connectivity index (χ2n) is 11.0. The molecule has 6 rings (SSSR count). The van der Waals surface area contributed by atoms with Gasteiger partial charge in [0.1, 0.15) is 15.5 Å². The highest BCUT2D eigenvalue weighted by molar-refractivity contribution is 6.67. The van der Waals surface area contributed by atoms with Crippen LogP contribution in [0.4, 0.5) is 5.69 Å². The molecule has 2 aromatic carbocycles. The first-order valence-electron chi connectivity index (χ1n) is 13.0. The molecule has 2 aliphatic carbocycles. The zero-order valence-corrected chi connectivity index (χ0v) is 26.6. The van der Waals surface area contributed by atoms with E-state index in [1.54, 1.807) is 11.8 Å². The zero-order chi connectivity index (χ0) is 30.5. The summed E-state index contributed by atoms with van der Waals surface area (Å²) in [6, 6.07) is 13.8. The molecular weight excluding hydrogens is 669 g/mol. The number of hydrogen-bond donors (Lipinski definition) is 0. The second-order valence-corrected chi connectivity index (χ2v) is 14.3. The smallest absolute Gasteiger partial charge is 0.316 e. The summed E-state index contributed by atoms with van der Waals surface area (Å²) in [6.07, 6.45) is 0.0365. The van der Waals surface area contributed by atoms with Crippen molar-refractivity contribution in [2.75, 3.05) is 11.4 Å². The Hall–Kier alpha value is -2.00. The number of carbonyl (C=O) groups is 4. The lowest BCUT2D eigenvalue weighted by Crippen LogP contribution is -2.50. The largest absolute Gasteiger partial charge is 0.426 e. The number of hydrogen-bond acceptors (Lipinski definition) is 5. The molecule has 2 bridgehead atoms. The average Bonchev–Trinajstić information content (AvgIpc) is 3.54. The van der Waals surface area contributed by atoms with Gasteiger partial charge in [0.2, 0.25) is 17.7 Å². The number of anilines is 1. The van der Waals surface area contributed by atoms with Gasteiger partial charge in [0, 0.05) is 13.0 Å². The van der Waals surface area contributed by atoms with E-state index in [0.717, 1.165) is 10.5 Å². The Labute approximate surface area is 271 Å². The van der Waals surface area contributed by atoms with Crippen molar-refractivity contribution in [3.63, 3.8) is 0 Å². The number of likely N-dealkylation sites (tertiary alicyclic amines) is 1. The van der Waals surface area contributed by atoms with Crippen LogP contribution >= 0.6 is 69.6 Å². The molecule has 2 aliphatic heterocycles. The van der Waals surface area contributed by atoms with Crippen LogP contribution in [-0.2, 0) is 19.2 Å². The summed E-state index contributed by atoms with van der Waals surface area (Å²) in [5.74, 6) is -5.01. The Morgan fingerprint density at radius 1 is 0.929 bits per heavy atom. The summed E-state index contributed by atoms with van der Waals surface area (Å²) in [6.45, 7) is 3.79. The Morgan fingerprint density at radius 2 is 1.50 bits per heavy atom. The summed E-state index contributed by atoms with van der Waals surface area (Å²) in [5, 5.41) is -0.340. The van der Waals surface area contributed by atoms with E-state index >= 15 is 0 Å². The number of ether oxygens (including phenoxy) is 1. The van der Waals surface area contributed by atoms with E-state index in [-0.39, 0.29) is 46.4 Å². The Balaban J connectivity index is 1.20. The molecule has 42 heavy (non-hydrogen) atoms. The van der Waals surface area contributed by atoms with Crippen LogP contribution in [0.3, 0.4) is 0 Å². The monoisotopic (exact) mass is 688 g/mol. The highest BCUT2D eigenvalue weighted by atomic mass is 35.5. The minimum atomic E-state index is -2.02. The minimum absolute atomic E-state index is 0.0365. The fourth-order valence-electron chi connectivity index (χ4n) is 6.55. The van der Waals surface area contributed by atoms with Gasteiger partial charge in [-0.15, -0.1) is 23.2 Å². The summed E-state index contributed by atoms with van der Waals surface area (Å²) < 4.78 is 3.59. The predicted octanol–water partition coefficient (Wildman–Crippen LogP) is 6.46. The van der Waals surface area contributed by atoms with Crippen LogP contribution in [0.2, 0.25) is 0 Å².